The first kappa shape index (κ1) is 16.3. The van der Waals surface area contributed by atoms with Gasteiger partial charge in [0, 0.05) is 24.6 Å². The molecule has 0 saturated carbocycles. The molecule has 1 aliphatic rings. The molecule has 128 valence electrons. The Morgan fingerprint density at radius 3 is 2.84 bits per heavy atom. The second-order valence-corrected chi connectivity index (χ2v) is 7.92. The van der Waals surface area contributed by atoms with Crippen LogP contribution in [0.4, 0.5) is 0 Å². The number of carbonyl (C=O) groups is 1. The number of piperidine rings is 1. The third-order valence-electron chi connectivity index (χ3n) is 5.20. The highest BCUT2D eigenvalue weighted by molar-refractivity contribution is 7.18. The number of para-hydroxylation sites is 1. The van der Waals surface area contributed by atoms with Crippen molar-refractivity contribution in [3.05, 3.63) is 64.2 Å². The predicted octanol–water partition coefficient (Wildman–Crippen LogP) is 4.93. The van der Waals surface area contributed by atoms with E-state index in [-0.39, 0.29) is 5.91 Å². The van der Waals surface area contributed by atoms with Gasteiger partial charge in [-0.05, 0) is 56.0 Å². The van der Waals surface area contributed by atoms with E-state index in [1.54, 1.807) is 11.3 Å². The first-order valence-electron chi connectivity index (χ1n) is 8.84. The van der Waals surface area contributed by atoms with Crippen LogP contribution in [0.15, 0.2) is 42.5 Å². The molecule has 1 amide bonds. The minimum atomic E-state index is 0.159. The van der Waals surface area contributed by atoms with Gasteiger partial charge in [0.1, 0.15) is 0 Å². The second-order valence-electron chi connectivity index (χ2n) is 6.86. The normalized spacial score (nSPS) is 17.8. The van der Waals surface area contributed by atoms with Crippen molar-refractivity contribution >= 4 is 27.5 Å². The molecule has 0 spiro atoms. The summed E-state index contributed by atoms with van der Waals surface area (Å²) in [7, 11) is 0. The van der Waals surface area contributed by atoms with Crippen LogP contribution in [-0.4, -0.2) is 28.9 Å². The van der Waals surface area contributed by atoms with Crippen molar-refractivity contribution < 1.29 is 4.79 Å². The molecule has 1 fully saturated rings. The maximum Gasteiger partial charge on any atom is 0.254 e. The molecule has 0 N–H and O–H groups in total. The molecule has 3 nitrogen and oxygen atoms in total. The summed E-state index contributed by atoms with van der Waals surface area (Å²) in [5.41, 5.74) is 4.17. The molecule has 2 aromatic carbocycles. The maximum absolute atomic E-state index is 13.0. The van der Waals surface area contributed by atoms with Gasteiger partial charge in [0.05, 0.1) is 15.2 Å². The Kier molecular flexibility index (Phi) is 4.30. The van der Waals surface area contributed by atoms with E-state index < -0.39 is 0 Å². The SMILES string of the molecule is Cc1cccc(C(=O)N2CCC[C@H](c3nc4ccccc4s3)C2)c1C. The molecular weight excluding hydrogens is 328 g/mol. The highest BCUT2D eigenvalue weighted by Crippen LogP contribution is 2.33. The van der Waals surface area contributed by atoms with Crippen LogP contribution >= 0.6 is 11.3 Å². The molecule has 0 bridgehead atoms. The average molecular weight is 350 g/mol. The summed E-state index contributed by atoms with van der Waals surface area (Å²) < 4.78 is 1.23. The Morgan fingerprint density at radius 1 is 1.16 bits per heavy atom. The molecule has 1 saturated heterocycles. The Labute approximate surface area is 152 Å². The van der Waals surface area contributed by atoms with Crippen LogP contribution in [0.5, 0.6) is 0 Å². The largest absolute Gasteiger partial charge is 0.338 e. The Balaban J connectivity index is 1.58. The van der Waals surface area contributed by atoms with Crippen molar-refractivity contribution in [1.29, 1.82) is 0 Å². The van der Waals surface area contributed by atoms with Crippen LogP contribution in [0.2, 0.25) is 0 Å². The van der Waals surface area contributed by atoms with E-state index in [0.717, 1.165) is 42.6 Å². The number of likely N-dealkylation sites (tertiary alicyclic amines) is 1. The zero-order valence-corrected chi connectivity index (χ0v) is 15.5. The van der Waals surface area contributed by atoms with Crippen molar-refractivity contribution in [3.8, 4) is 0 Å². The van der Waals surface area contributed by atoms with Crippen molar-refractivity contribution in [2.75, 3.05) is 13.1 Å². The molecule has 0 aliphatic carbocycles. The van der Waals surface area contributed by atoms with Crippen LogP contribution < -0.4 is 0 Å². The van der Waals surface area contributed by atoms with Crippen LogP contribution in [-0.2, 0) is 0 Å². The summed E-state index contributed by atoms with van der Waals surface area (Å²) in [5.74, 6) is 0.507. The summed E-state index contributed by atoms with van der Waals surface area (Å²) in [5, 5.41) is 1.17. The molecule has 3 aromatic rings. The van der Waals surface area contributed by atoms with Crippen LogP contribution in [0.1, 0.15) is 45.3 Å². The topological polar surface area (TPSA) is 33.2 Å². The van der Waals surface area contributed by atoms with Crippen LogP contribution in [0.3, 0.4) is 0 Å². The first-order chi connectivity index (χ1) is 12.1. The lowest BCUT2D eigenvalue weighted by molar-refractivity contribution is 0.0706. The monoisotopic (exact) mass is 350 g/mol. The van der Waals surface area contributed by atoms with E-state index in [2.05, 4.69) is 31.2 Å². The highest BCUT2D eigenvalue weighted by Gasteiger charge is 2.28. The molecule has 1 aliphatic heterocycles. The number of rotatable bonds is 2. The van der Waals surface area contributed by atoms with Gasteiger partial charge in [-0.25, -0.2) is 4.98 Å². The van der Waals surface area contributed by atoms with E-state index in [1.165, 1.54) is 15.3 Å². The second kappa shape index (κ2) is 6.60. The number of carbonyl (C=O) groups excluding carboxylic acids is 1. The molecule has 4 rings (SSSR count). The number of thiazole rings is 1. The summed E-state index contributed by atoms with van der Waals surface area (Å²) >= 11 is 1.77. The van der Waals surface area contributed by atoms with E-state index >= 15 is 0 Å². The zero-order valence-electron chi connectivity index (χ0n) is 14.7. The number of aromatic nitrogens is 1. The molecule has 2 heterocycles. The van der Waals surface area contributed by atoms with Crippen molar-refractivity contribution in [2.45, 2.75) is 32.6 Å². The molecule has 0 radical (unpaired) electrons. The van der Waals surface area contributed by atoms with Gasteiger partial charge in [0.2, 0.25) is 0 Å². The lowest BCUT2D eigenvalue weighted by Gasteiger charge is -2.32. The van der Waals surface area contributed by atoms with E-state index in [0.29, 0.717) is 5.92 Å². The third-order valence-corrected chi connectivity index (χ3v) is 6.40. The lowest BCUT2D eigenvalue weighted by atomic mass is 9.96. The quantitative estimate of drug-likeness (QED) is 0.656. The van der Waals surface area contributed by atoms with Crippen LogP contribution in [0.25, 0.3) is 10.2 Å². The van der Waals surface area contributed by atoms with Gasteiger partial charge < -0.3 is 4.90 Å². The first-order valence-corrected chi connectivity index (χ1v) is 9.66. The van der Waals surface area contributed by atoms with E-state index in [9.17, 15) is 4.79 Å². The molecule has 0 unspecified atom stereocenters. The van der Waals surface area contributed by atoms with Crippen molar-refractivity contribution in [1.82, 2.24) is 9.88 Å². The predicted molar refractivity (Wildman–Crippen MR) is 103 cm³/mol. The number of amides is 1. The minimum Gasteiger partial charge on any atom is -0.338 e. The number of benzene rings is 2. The van der Waals surface area contributed by atoms with Gasteiger partial charge in [-0.3, -0.25) is 4.79 Å². The fraction of sp³-hybridized carbons (Fsp3) is 0.333. The van der Waals surface area contributed by atoms with Gasteiger partial charge in [0.25, 0.3) is 5.91 Å². The van der Waals surface area contributed by atoms with Gasteiger partial charge in [-0.15, -0.1) is 11.3 Å². The number of hydrogen-bond donors (Lipinski definition) is 0. The highest BCUT2D eigenvalue weighted by atomic mass is 32.1. The summed E-state index contributed by atoms with van der Waals surface area (Å²) in [6, 6.07) is 14.3. The smallest absolute Gasteiger partial charge is 0.254 e. The fourth-order valence-electron chi connectivity index (χ4n) is 3.58. The van der Waals surface area contributed by atoms with Gasteiger partial charge in [-0.2, -0.15) is 0 Å². The van der Waals surface area contributed by atoms with E-state index in [4.69, 9.17) is 4.98 Å². The summed E-state index contributed by atoms with van der Waals surface area (Å²) in [4.78, 5) is 19.9. The third kappa shape index (κ3) is 3.07. The molecule has 1 atom stereocenters. The maximum atomic E-state index is 13.0. The number of aryl methyl sites for hydroxylation is 1. The number of nitrogens with zero attached hydrogens (tertiary/aromatic N) is 2. The summed E-state index contributed by atoms with van der Waals surface area (Å²) in [6.45, 7) is 5.71. The van der Waals surface area contributed by atoms with Crippen molar-refractivity contribution in [2.24, 2.45) is 0 Å². The fourth-order valence-corrected chi connectivity index (χ4v) is 4.67. The van der Waals surface area contributed by atoms with Crippen LogP contribution in [0, 0.1) is 13.8 Å². The Morgan fingerprint density at radius 2 is 2.00 bits per heavy atom. The molecule has 1 aromatic heterocycles. The average Bonchev–Trinajstić information content (AvgIpc) is 3.08. The lowest BCUT2D eigenvalue weighted by Crippen LogP contribution is -2.39. The standard InChI is InChI=1S/C21H22N2OS/c1-14-7-5-9-17(15(14)2)21(24)23-12-6-8-16(13-23)20-22-18-10-3-4-11-19(18)25-20/h3-5,7,9-11,16H,6,8,12-13H2,1-2H3/t16-/m0/s1. The summed E-state index contributed by atoms with van der Waals surface area (Å²) in [6.07, 6.45) is 2.15. The van der Waals surface area contributed by atoms with Crippen molar-refractivity contribution in [3.63, 3.8) is 0 Å². The van der Waals surface area contributed by atoms with Gasteiger partial charge >= 0.3 is 0 Å². The Bertz CT molecular complexity index is 898. The minimum absolute atomic E-state index is 0.159. The Hall–Kier alpha value is -2.20. The zero-order chi connectivity index (χ0) is 17.4. The number of fused-ring (bicyclic) bond motifs is 1. The molecule has 4 heteroatoms. The molecule has 25 heavy (non-hydrogen) atoms. The van der Waals surface area contributed by atoms with E-state index in [1.807, 2.05) is 30.0 Å². The number of hydrogen-bond acceptors (Lipinski definition) is 3. The molecular formula is C21H22N2OS. The van der Waals surface area contributed by atoms with Gasteiger partial charge in [-0.1, -0.05) is 24.3 Å². The van der Waals surface area contributed by atoms with Gasteiger partial charge in [0.15, 0.2) is 0 Å².